The Kier molecular flexibility index (Phi) is 3.39. The van der Waals surface area contributed by atoms with Crippen molar-refractivity contribution in [3.8, 4) is 0 Å². The molecule has 0 spiro atoms. The van der Waals surface area contributed by atoms with Crippen LogP contribution in [0.5, 0.6) is 0 Å². The van der Waals surface area contributed by atoms with E-state index in [2.05, 4.69) is 15.1 Å². The molecule has 0 N–H and O–H groups in total. The smallest absolute Gasteiger partial charge is 0.269 e. The van der Waals surface area contributed by atoms with Gasteiger partial charge in [0.25, 0.3) is 5.56 Å². The summed E-state index contributed by atoms with van der Waals surface area (Å²) < 4.78 is 6.84. The van der Waals surface area contributed by atoms with Gasteiger partial charge in [-0.2, -0.15) is 4.98 Å². The minimum atomic E-state index is -0.161. The van der Waals surface area contributed by atoms with Crippen molar-refractivity contribution in [2.75, 3.05) is 0 Å². The van der Waals surface area contributed by atoms with Gasteiger partial charge in [-0.05, 0) is 12.8 Å². The molecule has 6 heteroatoms. The molecule has 0 atom stereocenters. The van der Waals surface area contributed by atoms with E-state index >= 15 is 0 Å². The van der Waals surface area contributed by atoms with E-state index in [9.17, 15) is 4.79 Å². The molecule has 0 amide bonds. The third-order valence-corrected chi connectivity index (χ3v) is 3.55. The van der Waals surface area contributed by atoms with Gasteiger partial charge in [0.1, 0.15) is 0 Å². The van der Waals surface area contributed by atoms with Crippen LogP contribution in [0, 0.1) is 0 Å². The number of hydrogen-bond donors (Lipinski definition) is 0. The summed E-state index contributed by atoms with van der Waals surface area (Å²) in [5.74, 6) is 1.66. The predicted octanol–water partition coefficient (Wildman–Crippen LogP) is 1.72. The van der Waals surface area contributed by atoms with Gasteiger partial charge in [0.15, 0.2) is 5.82 Å². The molecule has 2 heterocycles. The maximum atomic E-state index is 11.5. The highest BCUT2D eigenvalue weighted by Gasteiger charge is 2.21. The van der Waals surface area contributed by atoms with E-state index in [4.69, 9.17) is 4.52 Å². The van der Waals surface area contributed by atoms with Gasteiger partial charge in [0.2, 0.25) is 5.89 Å². The van der Waals surface area contributed by atoms with E-state index in [1.54, 1.807) is 12.4 Å². The molecule has 0 unspecified atom stereocenters. The van der Waals surface area contributed by atoms with Crippen LogP contribution in [0.15, 0.2) is 27.9 Å². The average Bonchev–Trinajstić information content (AvgIpc) is 2.91. The first-order valence-electron chi connectivity index (χ1n) is 6.66. The van der Waals surface area contributed by atoms with Gasteiger partial charge in [-0.15, -0.1) is 0 Å². The SMILES string of the molecule is O=c1cnccn1Cc1noc(C2CCCCC2)n1. The predicted molar refractivity (Wildman–Crippen MR) is 67.7 cm³/mol. The number of nitrogens with zero attached hydrogens (tertiary/aromatic N) is 4. The highest BCUT2D eigenvalue weighted by molar-refractivity contribution is 4.96. The van der Waals surface area contributed by atoms with E-state index in [1.165, 1.54) is 30.0 Å². The zero-order valence-electron chi connectivity index (χ0n) is 10.7. The standard InChI is InChI=1S/C13H16N4O2/c18-12-8-14-6-7-17(12)9-11-15-13(19-16-11)10-4-2-1-3-5-10/h6-8,10H,1-5,9H2. The highest BCUT2D eigenvalue weighted by Crippen LogP contribution is 2.31. The van der Waals surface area contributed by atoms with Crippen LogP contribution in [-0.2, 0) is 6.54 Å². The van der Waals surface area contributed by atoms with Gasteiger partial charge in [-0.1, -0.05) is 24.4 Å². The summed E-state index contributed by atoms with van der Waals surface area (Å²) in [6.07, 6.45) is 10.5. The first-order chi connectivity index (χ1) is 9.33. The molecular formula is C13H16N4O2. The van der Waals surface area contributed by atoms with Crippen LogP contribution in [0.4, 0.5) is 0 Å². The monoisotopic (exact) mass is 260 g/mol. The maximum absolute atomic E-state index is 11.5. The fourth-order valence-electron chi connectivity index (χ4n) is 2.50. The molecule has 1 aliphatic carbocycles. The Hall–Kier alpha value is -1.98. The second-order valence-electron chi connectivity index (χ2n) is 4.93. The Balaban J connectivity index is 1.74. The topological polar surface area (TPSA) is 73.8 Å². The van der Waals surface area contributed by atoms with Crippen LogP contribution in [-0.4, -0.2) is 19.7 Å². The van der Waals surface area contributed by atoms with Crippen molar-refractivity contribution in [3.63, 3.8) is 0 Å². The lowest BCUT2D eigenvalue weighted by molar-refractivity contribution is 0.312. The normalized spacial score (nSPS) is 16.6. The molecule has 1 aliphatic rings. The van der Waals surface area contributed by atoms with Crippen LogP contribution in [0.3, 0.4) is 0 Å². The van der Waals surface area contributed by atoms with Gasteiger partial charge >= 0.3 is 0 Å². The molecule has 100 valence electrons. The molecule has 0 bridgehead atoms. The Bertz CT molecular complexity index is 598. The number of aromatic nitrogens is 4. The fourth-order valence-corrected chi connectivity index (χ4v) is 2.50. The van der Waals surface area contributed by atoms with Crippen molar-refractivity contribution >= 4 is 0 Å². The Morgan fingerprint density at radius 2 is 2.16 bits per heavy atom. The first-order valence-corrected chi connectivity index (χ1v) is 6.66. The quantitative estimate of drug-likeness (QED) is 0.840. The molecule has 19 heavy (non-hydrogen) atoms. The third-order valence-electron chi connectivity index (χ3n) is 3.55. The zero-order chi connectivity index (χ0) is 13.1. The summed E-state index contributed by atoms with van der Waals surface area (Å²) in [5.41, 5.74) is -0.161. The van der Waals surface area contributed by atoms with Crippen molar-refractivity contribution in [1.29, 1.82) is 0 Å². The summed E-state index contributed by atoms with van der Waals surface area (Å²) in [6.45, 7) is 0.331. The zero-order valence-corrected chi connectivity index (χ0v) is 10.7. The second-order valence-corrected chi connectivity index (χ2v) is 4.93. The van der Waals surface area contributed by atoms with Crippen molar-refractivity contribution in [3.05, 3.63) is 40.7 Å². The molecule has 3 rings (SSSR count). The molecule has 1 saturated carbocycles. The van der Waals surface area contributed by atoms with Crippen LogP contribution in [0.1, 0.15) is 49.7 Å². The van der Waals surface area contributed by atoms with Gasteiger partial charge in [0.05, 0.1) is 12.7 Å². The minimum absolute atomic E-state index is 0.161. The molecule has 2 aromatic heterocycles. The van der Waals surface area contributed by atoms with E-state index in [-0.39, 0.29) is 5.56 Å². The van der Waals surface area contributed by atoms with Gasteiger partial charge in [-0.3, -0.25) is 9.78 Å². The third kappa shape index (κ3) is 2.72. The van der Waals surface area contributed by atoms with E-state index in [1.807, 2.05) is 0 Å². The summed E-state index contributed by atoms with van der Waals surface area (Å²) in [4.78, 5) is 19.7. The van der Waals surface area contributed by atoms with Gasteiger partial charge in [0, 0.05) is 18.3 Å². The first kappa shape index (κ1) is 12.1. The van der Waals surface area contributed by atoms with Gasteiger partial charge in [-0.25, -0.2) is 0 Å². The minimum Gasteiger partial charge on any atom is -0.339 e. The van der Waals surface area contributed by atoms with E-state index in [0.717, 1.165) is 18.7 Å². The molecular weight excluding hydrogens is 244 g/mol. The fraction of sp³-hybridized carbons (Fsp3) is 0.538. The lowest BCUT2D eigenvalue weighted by atomic mass is 9.89. The van der Waals surface area contributed by atoms with Crippen LogP contribution in [0.25, 0.3) is 0 Å². The molecule has 2 aromatic rings. The Morgan fingerprint density at radius 3 is 2.95 bits per heavy atom. The Morgan fingerprint density at radius 1 is 1.32 bits per heavy atom. The molecule has 0 radical (unpaired) electrons. The lowest BCUT2D eigenvalue weighted by Crippen LogP contribution is -2.19. The Labute approximate surface area is 110 Å². The summed E-state index contributed by atoms with van der Waals surface area (Å²) in [7, 11) is 0. The van der Waals surface area contributed by atoms with Crippen molar-refractivity contribution < 1.29 is 4.52 Å². The van der Waals surface area contributed by atoms with Crippen molar-refractivity contribution in [2.45, 2.75) is 44.6 Å². The van der Waals surface area contributed by atoms with E-state index < -0.39 is 0 Å². The largest absolute Gasteiger partial charge is 0.339 e. The van der Waals surface area contributed by atoms with E-state index in [0.29, 0.717) is 18.3 Å². The summed E-state index contributed by atoms with van der Waals surface area (Å²) >= 11 is 0. The van der Waals surface area contributed by atoms with Crippen molar-refractivity contribution in [2.24, 2.45) is 0 Å². The lowest BCUT2D eigenvalue weighted by Gasteiger charge is -2.17. The van der Waals surface area contributed by atoms with Crippen LogP contribution < -0.4 is 5.56 Å². The number of hydrogen-bond acceptors (Lipinski definition) is 5. The second kappa shape index (κ2) is 5.34. The average molecular weight is 260 g/mol. The van der Waals surface area contributed by atoms with Gasteiger partial charge < -0.3 is 9.09 Å². The highest BCUT2D eigenvalue weighted by atomic mass is 16.5. The summed E-state index contributed by atoms with van der Waals surface area (Å²) in [6, 6.07) is 0. The molecule has 6 nitrogen and oxygen atoms in total. The van der Waals surface area contributed by atoms with Crippen LogP contribution >= 0.6 is 0 Å². The molecule has 0 aromatic carbocycles. The van der Waals surface area contributed by atoms with Crippen molar-refractivity contribution in [1.82, 2.24) is 19.7 Å². The molecule has 1 fully saturated rings. The summed E-state index contributed by atoms with van der Waals surface area (Å²) in [5, 5.41) is 3.96. The van der Waals surface area contributed by atoms with Crippen LogP contribution in [0.2, 0.25) is 0 Å². The number of rotatable bonds is 3. The molecule has 0 aliphatic heterocycles. The molecule has 0 saturated heterocycles. The maximum Gasteiger partial charge on any atom is 0.269 e.